The number of amides is 1. The average molecular weight is 682 g/mol. The third-order valence-corrected chi connectivity index (χ3v) is 10.4. The van der Waals surface area contributed by atoms with Gasteiger partial charge in [-0.1, -0.05) is 55.8 Å². The van der Waals surface area contributed by atoms with Crippen LogP contribution in [0.3, 0.4) is 0 Å². The lowest BCUT2D eigenvalue weighted by Gasteiger charge is -2.36. The molecule has 0 N–H and O–H groups in total. The highest BCUT2D eigenvalue weighted by atomic mass is 35.5. The third-order valence-electron chi connectivity index (χ3n) is 8.35. The fraction of sp³-hybridized carbons (Fsp3) is 0.405. The van der Waals surface area contributed by atoms with Gasteiger partial charge < -0.3 is 9.47 Å². The van der Waals surface area contributed by atoms with E-state index in [1.54, 1.807) is 32.9 Å². The summed E-state index contributed by atoms with van der Waals surface area (Å²) in [5.74, 6) is 0.132. The number of ketones is 1. The second-order valence-electron chi connectivity index (χ2n) is 13.7. The molecule has 250 valence electrons. The van der Waals surface area contributed by atoms with Gasteiger partial charge in [0.15, 0.2) is 5.78 Å². The van der Waals surface area contributed by atoms with Crippen molar-refractivity contribution in [2.75, 3.05) is 6.61 Å². The molecule has 0 saturated heterocycles. The Kier molecular flexibility index (Phi) is 10.2. The van der Waals surface area contributed by atoms with Crippen molar-refractivity contribution in [1.29, 1.82) is 0 Å². The molecule has 0 aliphatic heterocycles. The molecule has 10 heteroatoms. The van der Waals surface area contributed by atoms with Crippen LogP contribution in [-0.2, 0) is 43.6 Å². The van der Waals surface area contributed by atoms with Crippen molar-refractivity contribution in [3.63, 3.8) is 0 Å². The SMILES string of the molecule is CC(C)COC1=C(c2ccc(F)cc2)C(=O)C(Cc2cccc3c2CCC(N(C(=O)OC(C)(C)C)S(=O)(=O)c2ccc(Cl)cc2)C3)C1. The number of Topliss-reactive ketones (excluding diaryl/α,β-unsaturated/α-hetero) is 1. The second kappa shape index (κ2) is 13.8. The number of allylic oxidation sites excluding steroid dienone is 2. The first-order valence-electron chi connectivity index (χ1n) is 15.9. The largest absolute Gasteiger partial charge is 0.497 e. The zero-order chi connectivity index (χ0) is 34.1. The molecule has 0 heterocycles. The summed E-state index contributed by atoms with van der Waals surface area (Å²) >= 11 is 6.02. The highest BCUT2D eigenvalue weighted by molar-refractivity contribution is 7.89. The Morgan fingerprint density at radius 1 is 1.02 bits per heavy atom. The van der Waals surface area contributed by atoms with Crippen molar-refractivity contribution in [3.05, 3.63) is 106 Å². The lowest BCUT2D eigenvalue weighted by atomic mass is 9.82. The van der Waals surface area contributed by atoms with Crippen LogP contribution in [0.4, 0.5) is 9.18 Å². The van der Waals surface area contributed by atoms with Crippen LogP contribution in [0.15, 0.2) is 77.4 Å². The normalized spacial score (nSPS) is 18.3. The first-order valence-corrected chi connectivity index (χ1v) is 17.7. The van der Waals surface area contributed by atoms with Gasteiger partial charge in [-0.05, 0) is 111 Å². The minimum absolute atomic E-state index is 0.0354. The van der Waals surface area contributed by atoms with E-state index in [1.807, 2.05) is 32.0 Å². The van der Waals surface area contributed by atoms with Crippen LogP contribution < -0.4 is 0 Å². The summed E-state index contributed by atoms with van der Waals surface area (Å²) in [5, 5.41) is 0.381. The number of nitrogens with zero attached hydrogens (tertiary/aromatic N) is 1. The molecule has 0 fully saturated rings. The molecule has 3 aromatic carbocycles. The van der Waals surface area contributed by atoms with E-state index in [9.17, 15) is 22.4 Å². The predicted octanol–water partition coefficient (Wildman–Crippen LogP) is 8.18. The molecule has 2 atom stereocenters. The molecule has 2 aliphatic rings. The van der Waals surface area contributed by atoms with Crippen LogP contribution in [-0.4, -0.2) is 42.8 Å². The number of hydrogen-bond acceptors (Lipinski definition) is 6. The molecule has 7 nitrogen and oxygen atoms in total. The van der Waals surface area contributed by atoms with Gasteiger partial charge in [-0.15, -0.1) is 0 Å². The summed E-state index contributed by atoms with van der Waals surface area (Å²) in [7, 11) is -4.27. The molecule has 3 aromatic rings. The van der Waals surface area contributed by atoms with E-state index in [0.29, 0.717) is 60.6 Å². The molecule has 2 unspecified atom stereocenters. The second-order valence-corrected chi connectivity index (χ2v) is 15.9. The van der Waals surface area contributed by atoms with E-state index >= 15 is 0 Å². The maximum absolute atomic E-state index is 13.9. The van der Waals surface area contributed by atoms with Gasteiger partial charge in [-0.25, -0.2) is 17.6 Å². The third kappa shape index (κ3) is 7.90. The van der Waals surface area contributed by atoms with Crippen LogP contribution >= 0.6 is 11.6 Å². The van der Waals surface area contributed by atoms with Gasteiger partial charge in [0.05, 0.1) is 23.1 Å². The number of rotatable bonds is 9. The van der Waals surface area contributed by atoms with Gasteiger partial charge in [0, 0.05) is 17.4 Å². The van der Waals surface area contributed by atoms with Crippen LogP contribution in [0.2, 0.25) is 5.02 Å². The maximum Gasteiger partial charge on any atom is 0.424 e. The molecular weight excluding hydrogens is 641 g/mol. The van der Waals surface area contributed by atoms with Crippen molar-refractivity contribution < 1.29 is 31.9 Å². The van der Waals surface area contributed by atoms with E-state index in [2.05, 4.69) is 0 Å². The van der Waals surface area contributed by atoms with Crippen LogP contribution in [0.25, 0.3) is 5.57 Å². The predicted molar refractivity (Wildman–Crippen MR) is 180 cm³/mol. The Morgan fingerprint density at radius 3 is 2.34 bits per heavy atom. The number of carbonyl (C=O) groups excluding carboxylic acids is 2. The number of hydrogen-bond donors (Lipinski definition) is 0. The van der Waals surface area contributed by atoms with Gasteiger partial charge in [-0.3, -0.25) is 4.79 Å². The fourth-order valence-corrected chi connectivity index (χ4v) is 7.88. The van der Waals surface area contributed by atoms with Crippen molar-refractivity contribution in [2.24, 2.45) is 11.8 Å². The zero-order valence-corrected chi connectivity index (χ0v) is 29.0. The maximum atomic E-state index is 13.9. The molecule has 5 rings (SSSR count). The Hall–Kier alpha value is -3.69. The molecular formula is C37H41ClFNO6S. The van der Waals surface area contributed by atoms with Gasteiger partial charge >= 0.3 is 6.09 Å². The van der Waals surface area contributed by atoms with E-state index in [1.165, 1.54) is 36.4 Å². The Morgan fingerprint density at radius 2 is 1.70 bits per heavy atom. The smallest absolute Gasteiger partial charge is 0.424 e. The minimum atomic E-state index is -4.27. The molecule has 2 aliphatic carbocycles. The van der Waals surface area contributed by atoms with Gasteiger partial charge in [0.25, 0.3) is 10.0 Å². The number of halogens is 2. The number of ether oxygens (including phenoxy) is 2. The molecule has 1 amide bonds. The first kappa shape index (κ1) is 34.6. The summed E-state index contributed by atoms with van der Waals surface area (Å²) in [6.07, 6.45) is 1.19. The standard InChI is InChI=1S/C37H41ClFNO6S/c1-23(2)22-45-33-21-27(35(41)34(33)24-9-13-29(39)14-10-24)19-25-7-6-8-26-20-30(15-18-32(25)26)40(36(42)46-37(3,4)5)47(43,44)31-16-11-28(38)12-17-31/h6-14,16-17,23,27,30H,15,18-22H2,1-5H3. The number of fused-ring (bicyclic) bond motifs is 1. The molecule has 0 bridgehead atoms. The Labute approximate surface area is 281 Å². The van der Waals surface area contributed by atoms with Crippen LogP contribution in [0.5, 0.6) is 0 Å². The van der Waals surface area contributed by atoms with Gasteiger partial charge in [0.2, 0.25) is 0 Å². The van der Waals surface area contributed by atoms with Gasteiger partial charge in [0.1, 0.15) is 17.2 Å². The van der Waals surface area contributed by atoms with Crippen molar-refractivity contribution >= 4 is 39.1 Å². The summed E-state index contributed by atoms with van der Waals surface area (Å²) in [5.41, 5.74) is 3.22. The van der Waals surface area contributed by atoms with E-state index in [4.69, 9.17) is 21.1 Å². The molecule has 47 heavy (non-hydrogen) atoms. The summed E-state index contributed by atoms with van der Waals surface area (Å²) < 4.78 is 54.2. The highest BCUT2D eigenvalue weighted by Gasteiger charge is 2.41. The summed E-state index contributed by atoms with van der Waals surface area (Å²) in [6.45, 7) is 9.64. The lowest BCUT2D eigenvalue weighted by molar-refractivity contribution is -0.116. The molecule has 0 saturated carbocycles. The van der Waals surface area contributed by atoms with Crippen LogP contribution in [0.1, 0.15) is 69.7 Å². The average Bonchev–Trinajstić information content (AvgIpc) is 3.30. The topological polar surface area (TPSA) is 90.0 Å². The van der Waals surface area contributed by atoms with Crippen molar-refractivity contribution in [2.45, 2.75) is 83.3 Å². The number of sulfonamides is 1. The first-order chi connectivity index (χ1) is 22.1. The van der Waals surface area contributed by atoms with Crippen molar-refractivity contribution in [1.82, 2.24) is 4.31 Å². The summed E-state index contributed by atoms with van der Waals surface area (Å²) in [4.78, 5) is 27.3. The van der Waals surface area contributed by atoms with Crippen molar-refractivity contribution in [3.8, 4) is 0 Å². The zero-order valence-electron chi connectivity index (χ0n) is 27.4. The molecule has 0 spiro atoms. The number of carbonyl (C=O) groups is 2. The quantitative estimate of drug-likeness (QED) is 0.226. The van der Waals surface area contributed by atoms with Gasteiger partial charge in [-0.2, -0.15) is 4.31 Å². The summed E-state index contributed by atoms with van der Waals surface area (Å²) in [6, 6.07) is 16.8. The number of benzene rings is 3. The molecule has 0 radical (unpaired) electrons. The van der Waals surface area contributed by atoms with E-state index in [-0.39, 0.29) is 28.3 Å². The Balaban J connectivity index is 1.41. The monoisotopic (exact) mass is 681 g/mol. The fourth-order valence-electron chi connectivity index (χ4n) is 6.24. The Bertz CT molecular complexity index is 1780. The van der Waals surface area contributed by atoms with Crippen LogP contribution in [0, 0.1) is 17.7 Å². The highest BCUT2D eigenvalue weighted by Crippen LogP contribution is 2.39. The lowest BCUT2D eigenvalue weighted by Crippen LogP contribution is -2.49. The van der Waals surface area contributed by atoms with E-state index in [0.717, 1.165) is 21.0 Å². The van der Waals surface area contributed by atoms with E-state index < -0.39 is 27.8 Å². The minimum Gasteiger partial charge on any atom is -0.497 e. The molecule has 0 aromatic heterocycles.